The highest BCUT2D eigenvalue weighted by molar-refractivity contribution is 5.84. The molecule has 6 nitrogen and oxygen atoms in total. The van der Waals surface area contributed by atoms with Crippen LogP contribution < -0.4 is 10.9 Å². The van der Waals surface area contributed by atoms with Gasteiger partial charge in [0.1, 0.15) is 0 Å². The SMILES string of the molecule is CN[C@H]1CCN(Cc2cccc(C=NNO)c2)C1=O. The molecule has 0 unspecified atom stereocenters. The van der Waals surface area contributed by atoms with E-state index in [9.17, 15) is 4.79 Å². The number of likely N-dealkylation sites (tertiary alicyclic amines) is 1. The van der Waals surface area contributed by atoms with Crippen molar-refractivity contribution in [3.05, 3.63) is 35.4 Å². The smallest absolute Gasteiger partial charge is 0.240 e. The van der Waals surface area contributed by atoms with Crippen molar-refractivity contribution in [1.29, 1.82) is 0 Å². The van der Waals surface area contributed by atoms with Gasteiger partial charge in [-0.15, -0.1) is 0 Å². The second kappa shape index (κ2) is 6.31. The monoisotopic (exact) mass is 262 g/mol. The number of benzene rings is 1. The summed E-state index contributed by atoms with van der Waals surface area (Å²) in [5.74, 6) is 0.151. The van der Waals surface area contributed by atoms with Crippen molar-refractivity contribution < 1.29 is 10.0 Å². The normalized spacial score (nSPS) is 19.4. The zero-order valence-electron chi connectivity index (χ0n) is 10.8. The van der Waals surface area contributed by atoms with E-state index in [2.05, 4.69) is 10.4 Å². The van der Waals surface area contributed by atoms with E-state index in [0.29, 0.717) is 6.54 Å². The molecule has 2 rings (SSSR count). The number of nitrogens with zero attached hydrogens (tertiary/aromatic N) is 2. The predicted octanol–water partition coefficient (Wildman–Crippen LogP) is 0.320. The number of carbonyl (C=O) groups excluding carboxylic acids is 1. The van der Waals surface area contributed by atoms with Crippen LogP contribution in [0.2, 0.25) is 0 Å². The number of hydrogen-bond donors (Lipinski definition) is 3. The lowest BCUT2D eigenvalue weighted by atomic mass is 10.1. The van der Waals surface area contributed by atoms with E-state index in [4.69, 9.17) is 5.21 Å². The maximum absolute atomic E-state index is 12.0. The van der Waals surface area contributed by atoms with E-state index >= 15 is 0 Å². The molecular weight excluding hydrogens is 244 g/mol. The van der Waals surface area contributed by atoms with Crippen molar-refractivity contribution in [2.75, 3.05) is 13.6 Å². The number of hydrogen-bond acceptors (Lipinski definition) is 5. The van der Waals surface area contributed by atoms with Crippen LogP contribution in [0.25, 0.3) is 0 Å². The number of likely N-dealkylation sites (N-methyl/N-ethyl adjacent to an activating group) is 1. The van der Waals surface area contributed by atoms with Crippen molar-refractivity contribution in [2.45, 2.75) is 19.0 Å². The summed E-state index contributed by atoms with van der Waals surface area (Å²) in [5, 5.41) is 15.0. The van der Waals surface area contributed by atoms with Gasteiger partial charge in [-0.05, 0) is 30.7 Å². The highest BCUT2D eigenvalue weighted by Gasteiger charge is 2.29. The van der Waals surface area contributed by atoms with E-state index in [0.717, 1.165) is 24.1 Å². The molecule has 19 heavy (non-hydrogen) atoms. The topological polar surface area (TPSA) is 77.0 Å². The summed E-state index contributed by atoms with van der Waals surface area (Å²) < 4.78 is 0. The van der Waals surface area contributed by atoms with Gasteiger partial charge in [0.25, 0.3) is 0 Å². The Kier molecular flexibility index (Phi) is 4.48. The maximum atomic E-state index is 12.0. The molecule has 0 aromatic heterocycles. The van der Waals surface area contributed by atoms with Gasteiger partial charge < -0.3 is 10.2 Å². The molecule has 0 radical (unpaired) electrons. The molecule has 1 atom stereocenters. The molecule has 0 spiro atoms. The van der Waals surface area contributed by atoms with Crippen molar-refractivity contribution in [3.8, 4) is 0 Å². The lowest BCUT2D eigenvalue weighted by Crippen LogP contribution is -2.35. The standard InChI is InChI=1S/C13H18N4O2/c1-14-12-5-6-17(13(12)18)9-11-4-2-3-10(7-11)8-15-16-19/h2-4,7-8,12,14,16,19H,5-6,9H2,1H3/t12-/m0/s1. The van der Waals surface area contributed by atoms with Crippen LogP contribution in [0.5, 0.6) is 0 Å². The van der Waals surface area contributed by atoms with E-state index in [-0.39, 0.29) is 11.9 Å². The second-order valence-electron chi connectivity index (χ2n) is 4.49. The Balaban J connectivity index is 2.03. The highest BCUT2D eigenvalue weighted by Crippen LogP contribution is 2.15. The summed E-state index contributed by atoms with van der Waals surface area (Å²) >= 11 is 0. The van der Waals surface area contributed by atoms with Crippen LogP contribution in [0.3, 0.4) is 0 Å². The van der Waals surface area contributed by atoms with Gasteiger partial charge in [-0.1, -0.05) is 18.2 Å². The number of hydrazone groups is 1. The van der Waals surface area contributed by atoms with Gasteiger partial charge in [0.15, 0.2) is 0 Å². The first kappa shape index (κ1) is 13.5. The first-order valence-electron chi connectivity index (χ1n) is 6.21. The third-order valence-corrected chi connectivity index (χ3v) is 3.24. The summed E-state index contributed by atoms with van der Waals surface area (Å²) in [6, 6.07) is 7.66. The van der Waals surface area contributed by atoms with Crippen molar-refractivity contribution in [3.63, 3.8) is 0 Å². The van der Waals surface area contributed by atoms with Crippen LogP contribution in [-0.2, 0) is 11.3 Å². The number of nitrogens with one attached hydrogen (secondary N) is 2. The van der Waals surface area contributed by atoms with Crippen LogP contribution in [0.15, 0.2) is 29.4 Å². The van der Waals surface area contributed by atoms with Gasteiger partial charge >= 0.3 is 0 Å². The quantitative estimate of drug-likeness (QED) is 0.527. The second-order valence-corrected chi connectivity index (χ2v) is 4.49. The molecule has 0 aliphatic carbocycles. The summed E-state index contributed by atoms with van der Waals surface area (Å²) in [5.41, 5.74) is 3.65. The third kappa shape index (κ3) is 3.30. The minimum atomic E-state index is -0.0525. The van der Waals surface area contributed by atoms with E-state index < -0.39 is 0 Å². The summed E-state index contributed by atoms with van der Waals surface area (Å²) in [6.45, 7) is 1.38. The molecular formula is C13H18N4O2. The Labute approximate surface area is 112 Å². The first-order valence-corrected chi connectivity index (χ1v) is 6.21. The zero-order valence-corrected chi connectivity index (χ0v) is 10.8. The van der Waals surface area contributed by atoms with Crippen molar-refractivity contribution in [1.82, 2.24) is 15.8 Å². The number of amides is 1. The van der Waals surface area contributed by atoms with Gasteiger partial charge in [0.2, 0.25) is 5.91 Å². The molecule has 1 aromatic rings. The molecule has 1 amide bonds. The van der Waals surface area contributed by atoms with Gasteiger partial charge in [0, 0.05) is 13.1 Å². The molecule has 0 bridgehead atoms. The number of carbonyl (C=O) groups is 1. The molecule has 102 valence electrons. The van der Waals surface area contributed by atoms with Crippen LogP contribution in [0.4, 0.5) is 0 Å². The Morgan fingerprint density at radius 1 is 1.58 bits per heavy atom. The Bertz CT molecular complexity index is 475. The van der Waals surface area contributed by atoms with Gasteiger partial charge in [-0.3, -0.25) is 10.0 Å². The fraction of sp³-hybridized carbons (Fsp3) is 0.385. The van der Waals surface area contributed by atoms with Crippen LogP contribution >= 0.6 is 0 Å². The summed E-state index contributed by atoms with van der Waals surface area (Å²) in [6.07, 6.45) is 2.37. The molecule has 1 aliphatic heterocycles. The fourth-order valence-electron chi connectivity index (χ4n) is 2.26. The third-order valence-electron chi connectivity index (χ3n) is 3.24. The average Bonchev–Trinajstić information content (AvgIpc) is 2.78. The minimum Gasteiger partial charge on any atom is -0.337 e. The van der Waals surface area contributed by atoms with Gasteiger partial charge in [-0.25, -0.2) is 0 Å². The molecule has 1 aromatic carbocycles. The van der Waals surface area contributed by atoms with Gasteiger partial charge in [-0.2, -0.15) is 10.7 Å². The fourth-order valence-corrected chi connectivity index (χ4v) is 2.26. The van der Waals surface area contributed by atoms with Crippen LogP contribution in [0, 0.1) is 0 Å². The van der Waals surface area contributed by atoms with Gasteiger partial charge in [0.05, 0.1) is 12.3 Å². The summed E-state index contributed by atoms with van der Waals surface area (Å²) in [4.78, 5) is 13.8. The van der Waals surface area contributed by atoms with Crippen molar-refractivity contribution >= 4 is 12.1 Å². The molecule has 6 heteroatoms. The molecule has 1 heterocycles. The van der Waals surface area contributed by atoms with Crippen LogP contribution in [0.1, 0.15) is 17.5 Å². The lowest BCUT2D eigenvalue weighted by Gasteiger charge is -2.16. The largest absolute Gasteiger partial charge is 0.337 e. The Hall–Kier alpha value is -1.92. The Morgan fingerprint density at radius 2 is 2.42 bits per heavy atom. The molecule has 1 fully saturated rings. The van der Waals surface area contributed by atoms with Crippen molar-refractivity contribution in [2.24, 2.45) is 5.10 Å². The first-order chi connectivity index (χ1) is 9.24. The van der Waals surface area contributed by atoms with Crippen LogP contribution in [-0.4, -0.2) is 41.9 Å². The van der Waals surface area contributed by atoms with E-state index in [1.807, 2.05) is 36.2 Å². The summed E-state index contributed by atoms with van der Waals surface area (Å²) in [7, 11) is 1.81. The molecule has 3 N–H and O–H groups in total. The minimum absolute atomic E-state index is 0.0525. The molecule has 0 saturated carbocycles. The van der Waals surface area contributed by atoms with E-state index in [1.165, 1.54) is 6.21 Å². The van der Waals surface area contributed by atoms with E-state index in [1.54, 1.807) is 5.59 Å². The number of rotatable bonds is 5. The predicted molar refractivity (Wildman–Crippen MR) is 71.8 cm³/mol. The highest BCUT2D eigenvalue weighted by atomic mass is 16.5. The molecule has 1 aliphatic rings. The zero-order chi connectivity index (χ0) is 13.7. The Morgan fingerprint density at radius 3 is 3.11 bits per heavy atom. The lowest BCUT2D eigenvalue weighted by molar-refractivity contribution is -0.129. The molecule has 1 saturated heterocycles. The maximum Gasteiger partial charge on any atom is 0.240 e. The average molecular weight is 262 g/mol.